The number of halogens is 2. The lowest BCUT2D eigenvalue weighted by Crippen LogP contribution is -2.30. The maximum Gasteiger partial charge on any atom is 0.289 e. The third kappa shape index (κ3) is 3.67. The summed E-state index contributed by atoms with van der Waals surface area (Å²) in [4.78, 5) is 21.7. The highest BCUT2D eigenvalue weighted by molar-refractivity contribution is 9.10. The fraction of sp³-hybridized carbons (Fsp3) is 0.300. The van der Waals surface area contributed by atoms with Crippen molar-refractivity contribution in [3.05, 3.63) is 33.3 Å². The molecule has 0 bridgehead atoms. The van der Waals surface area contributed by atoms with E-state index in [1.807, 2.05) is 0 Å². The van der Waals surface area contributed by atoms with Crippen molar-refractivity contribution in [2.75, 3.05) is 5.32 Å². The zero-order valence-corrected chi connectivity index (χ0v) is 11.5. The lowest BCUT2D eigenvalue weighted by atomic mass is 10.2. The molecule has 0 unspecified atom stereocenters. The smallest absolute Gasteiger partial charge is 0.289 e. The molecule has 0 heterocycles. The minimum atomic E-state index is -0.749. The number of nitrogens with one attached hydrogen (secondary N) is 1. The highest BCUT2D eigenvalue weighted by atomic mass is 79.9. The van der Waals surface area contributed by atoms with Gasteiger partial charge in [0.15, 0.2) is 0 Å². The van der Waals surface area contributed by atoms with Crippen LogP contribution in [0.25, 0.3) is 0 Å². The number of alkyl halides is 1. The van der Waals surface area contributed by atoms with E-state index in [9.17, 15) is 14.9 Å². The van der Waals surface area contributed by atoms with Gasteiger partial charge in [-0.3, -0.25) is 14.9 Å². The minimum absolute atomic E-state index is 0.0334. The third-order valence-corrected chi connectivity index (χ3v) is 2.62. The van der Waals surface area contributed by atoms with Gasteiger partial charge in [-0.05, 0) is 26.0 Å². The second-order valence-electron chi connectivity index (χ2n) is 3.85. The van der Waals surface area contributed by atoms with Crippen LogP contribution >= 0.6 is 27.5 Å². The van der Waals surface area contributed by atoms with Crippen molar-refractivity contribution in [2.45, 2.75) is 18.2 Å². The van der Waals surface area contributed by atoms with E-state index in [2.05, 4.69) is 21.2 Å². The molecule has 5 nitrogen and oxygen atoms in total. The molecule has 0 fully saturated rings. The standard InChI is InChI=1S/C10H10BrClN2O3/c1-10(2,11)9(15)13-6-3-4-7(12)8(5-6)14(16)17/h3-5H,1-2H3,(H,13,15). The first-order valence-electron chi connectivity index (χ1n) is 4.66. The average molecular weight is 322 g/mol. The quantitative estimate of drug-likeness (QED) is 0.527. The highest BCUT2D eigenvalue weighted by Gasteiger charge is 2.24. The number of carbonyl (C=O) groups is 1. The zero-order chi connectivity index (χ0) is 13.2. The molecule has 0 aromatic heterocycles. The molecule has 1 N–H and O–H groups in total. The van der Waals surface area contributed by atoms with Gasteiger partial charge in [0.2, 0.25) is 5.91 Å². The first kappa shape index (κ1) is 13.9. The maximum atomic E-state index is 11.6. The lowest BCUT2D eigenvalue weighted by molar-refractivity contribution is -0.384. The fourth-order valence-corrected chi connectivity index (χ4v) is 1.30. The molecular weight excluding hydrogens is 311 g/mol. The number of carbonyl (C=O) groups excluding carboxylic acids is 1. The van der Waals surface area contributed by atoms with Gasteiger partial charge in [0, 0.05) is 11.8 Å². The van der Waals surface area contributed by atoms with Crippen molar-refractivity contribution >= 4 is 44.8 Å². The molecule has 1 aromatic carbocycles. The van der Waals surface area contributed by atoms with Gasteiger partial charge in [-0.15, -0.1) is 0 Å². The summed E-state index contributed by atoms with van der Waals surface area (Å²) in [5, 5.41) is 13.2. The number of nitro groups is 1. The SMILES string of the molecule is CC(C)(Br)C(=O)Nc1ccc(Cl)c([N+](=O)[O-])c1. The second kappa shape index (κ2) is 5.01. The Labute approximate surface area is 111 Å². The summed E-state index contributed by atoms with van der Waals surface area (Å²) in [6, 6.07) is 4.10. The van der Waals surface area contributed by atoms with E-state index in [0.717, 1.165) is 0 Å². The van der Waals surface area contributed by atoms with Gasteiger partial charge in [0.05, 0.1) is 9.25 Å². The molecule has 1 rings (SSSR count). The number of anilines is 1. The Kier molecular flexibility index (Phi) is 4.11. The molecule has 92 valence electrons. The van der Waals surface area contributed by atoms with E-state index in [0.29, 0.717) is 5.69 Å². The average Bonchev–Trinajstić information content (AvgIpc) is 2.19. The molecule has 0 spiro atoms. The third-order valence-electron chi connectivity index (χ3n) is 1.94. The van der Waals surface area contributed by atoms with Gasteiger partial charge in [0.25, 0.3) is 5.69 Å². The van der Waals surface area contributed by atoms with Gasteiger partial charge in [-0.1, -0.05) is 27.5 Å². The number of rotatable bonds is 3. The number of hydrogen-bond donors (Lipinski definition) is 1. The molecule has 0 atom stereocenters. The van der Waals surface area contributed by atoms with Crippen LogP contribution in [0, 0.1) is 10.1 Å². The van der Waals surface area contributed by atoms with Crippen LogP contribution in [0.5, 0.6) is 0 Å². The van der Waals surface area contributed by atoms with Crippen molar-refractivity contribution in [3.8, 4) is 0 Å². The van der Waals surface area contributed by atoms with Crippen molar-refractivity contribution in [1.82, 2.24) is 0 Å². The van der Waals surface area contributed by atoms with Crippen LogP contribution in [0.4, 0.5) is 11.4 Å². The highest BCUT2D eigenvalue weighted by Crippen LogP contribution is 2.28. The first-order chi connectivity index (χ1) is 7.71. The molecule has 1 amide bonds. The normalized spacial score (nSPS) is 11.1. The van der Waals surface area contributed by atoms with Gasteiger partial charge >= 0.3 is 0 Å². The van der Waals surface area contributed by atoms with Crippen LogP contribution in [0.1, 0.15) is 13.8 Å². The van der Waals surface area contributed by atoms with Crippen molar-refractivity contribution in [3.63, 3.8) is 0 Å². The van der Waals surface area contributed by atoms with Crippen LogP contribution < -0.4 is 5.32 Å². The Balaban J connectivity index is 2.98. The summed E-state index contributed by atoms with van der Waals surface area (Å²) in [5.74, 6) is -0.297. The molecule has 0 aliphatic heterocycles. The zero-order valence-electron chi connectivity index (χ0n) is 9.16. The molecule has 0 radical (unpaired) electrons. The monoisotopic (exact) mass is 320 g/mol. The van der Waals surface area contributed by atoms with E-state index < -0.39 is 9.25 Å². The van der Waals surface area contributed by atoms with Gasteiger partial charge in [-0.2, -0.15) is 0 Å². The molecule has 0 aliphatic carbocycles. The van der Waals surface area contributed by atoms with Crippen LogP contribution in [-0.4, -0.2) is 15.2 Å². The lowest BCUT2D eigenvalue weighted by Gasteiger charge is -2.15. The first-order valence-corrected chi connectivity index (χ1v) is 5.83. The molecule has 0 aliphatic rings. The van der Waals surface area contributed by atoms with E-state index in [-0.39, 0.29) is 16.6 Å². The summed E-state index contributed by atoms with van der Waals surface area (Å²) < 4.78 is -0.749. The molecule has 17 heavy (non-hydrogen) atoms. The summed E-state index contributed by atoms with van der Waals surface area (Å²) in [7, 11) is 0. The number of nitro benzene ring substituents is 1. The predicted molar refractivity (Wildman–Crippen MR) is 69.7 cm³/mol. The Morgan fingerprint density at radius 2 is 2.12 bits per heavy atom. The van der Waals surface area contributed by atoms with E-state index in [1.54, 1.807) is 13.8 Å². The summed E-state index contributed by atoms with van der Waals surface area (Å²) >= 11 is 8.85. The van der Waals surface area contributed by atoms with E-state index >= 15 is 0 Å². The van der Waals surface area contributed by atoms with Crippen molar-refractivity contribution in [2.24, 2.45) is 0 Å². The van der Waals surface area contributed by atoms with Gasteiger partial charge < -0.3 is 5.32 Å². The molecule has 7 heteroatoms. The topological polar surface area (TPSA) is 72.2 Å². The van der Waals surface area contributed by atoms with Crippen molar-refractivity contribution < 1.29 is 9.72 Å². The summed E-state index contributed by atoms with van der Waals surface area (Å²) in [6.45, 7) is 3.35. The Bertz CT molecular complexity index is 471. The number of amides is 1. The summed E-state index contributed by atoms with van der Waals surface area (Å²) in [6.07, 6.45) is 0. The number of benzene rings is 1. The molecular formula is C10H10BrClN2O3. The number of nitrogens with zero attached hydrogens (tertiary/aromatic N) is 1. The summed E-state index contributed by atoms with van der Waals surface area (Å²) in [5.41, 5.74) is 0.0930. The Morgan fingerprint density at radius 3 is 2.59 bits per heavy atom. The minimum Gasteiger partial charge on any atom is -0.325 e. The molecule has 0 saturated heterocycles. The van der Waals surface area contributed by atoms with Crippen LogP contribution in [0.15, 0.2) is 18.2 Å². The Morgan fingerprint density at radius 1 is 1.53 bits per heavy atom. The Hall–Kier alpha value is -1.14. The fourth-order valence-electron chi connectivity index (χ4n) is 1.01. The van der Waals surface area contributed by atoms with Crippen LogP contribution in [0.2, 0.25) is 5.02 Å². The number of hydrogen-bond acceptors (Lipinski definition) is 3. The van der Waals surface area contributed by atoms with E-state index in [1.165, 1.54) is 18.2 Å². The second-order valence-corrected chi connectivity index (χ2v) is 6.24. The predicted octanol–water partition coefficient (Wildman–Crippen LogP) is 3.36. The van der Waals surface area contributed by atoms with Gasteiger partial charge in [-0.25, -0.2) is 0 Å². The van der Waals surface area contributed by atoms with Gasteiger partial charge in [0.1, 0.15) is 5.02 Å². The molecule has 1 aromatic rings. The van der Waals surface area contributed by atoms with Crippen LogP contribution in [0.3, 0.4) is 0 Å². The van der Waals surface area contributed by atoms with Crippen molar-refractivity contribution in [1.29, 1.82) is 0 Å². The molecule has 0 saturated carbocycles. The maximum absolute atomic E-state index is 11.6. The van der Waals surface area contributed by atoms with E-state index in [4.69, 9.17) is 11.6 Å². The largest absolute Gasteiger partial charge is 0.325 e. The van der Waals surface area contributed by atoms with Crippen LogP contribution in [-0.2, 0) is 4.79 Å².